The van der Waals surface area contributed by atoms with E-state index in [4.69, 9.17) is 0 Å². The maximum atomic E-state index is 10.6. The maximum Gasteiger partial charge on any atom is 0.119 e. The van der Waals surface area contributed by atoms with Crippen molar-refractivity contribution in [3.63, 3.8) is 0 Å². The van der Waals surface area contributed by atoms with Crippen LogP contribution < -0.4 is 0 Å². The van der Waals surface area contributed by atoms with Gasteiger partial charge in [-0.3, -0.25) is 0 Å². The number of rotatable bonds is 6. The summed E-state index contributed by atoms with van der Waals surface area (Å²) in [6, 6.07) is 32.4. The molecule has 4 aromatic carbocycles. The Morgan fingerprint density at radius 3 is 1.21 bits per heavy atom. The first-order valence-electron chi connectivity index (χ1n) is 11.5. The molecular formula is C31H32O2. The largest absolute Gasteiger partial charge is 0.508 e. The Morgan fingerprint density at radius 2 is 0.848 bits per heavy atom. The molecule has 0 saturated carbocycles. The molecule has 0 bridgehead atoms. The van der Waals surface area contributed by atoms with Gasteiger partial charge in [-0.15, -0.1) is 0 Å². The van der Waals surface area contributed by atoms with Crippen LogP contribution in [0.25, 0.3) is 0 Å². The fraction of sp³-hybridized carbons (Fsp3) is 0.226. The molecule has 2 nitrogen and oxygen atoms in total. The summed E-state index contributed by atoms with van der Waals surface area (Å²) >= 11 is 0. The second kappa shape index (κ2) is 8.78. The van der Waals surface area contributed by atoms with E-state index in [0.29, 0.717) is 6.42 Å². The highest BCUT2D eigenvalue weighted by atomic mass is 16.3. The van der Waals surface area contributed by atoms with Crippen molar-refractivity contribution in [3.05, 3.63) is 130 Å². The fourth-order valence-corrected chi connectivity index (χ4v) is 4.48. The third-order valence-corrected chi connectivity index (χ3v) is 6.97. The van der Waals surface area contributed by atoms with Gasteiger partial charge in [-0.1, -0.05) is 113 Å². The van der Waals surface area contributed by atoms with Gasteiger partial charge in [-0.2, -0.15) is 0 Å². The van der Waals surface area contributed by atoms with Crippen molar-refractivity contribution < 1.29 is 10.2 Å². The predicted molar refractivity (Wildman–Crippen MR) is 136 cm³/mol. The minimum absolute atomic E-state index is 0.205. The smallest absolute Gasteiger partial charge is 0.119 e. The van der Waals surface area contributed by atoms with Crippen molar-refractivity contribution in [2.24, 2.45) is 0 Å². The molecule has 2 heteroatoms. The molecule has 0 spiro atoms. The molecule has 0 aliphatic heterocycles. The van der Waals surface area contributed by atoms with Crippen LogP contribution in [0.4, 0.5) is 0 Å². The Balaban J connectivity index is 1.70. The van der Waals surface area contributed by atoms with Gasteiger partial charge in [-0.05, 0) is 45.5 Å². The van der Waals surface area contributed by atoms with E-state index in [-0.39, 0.29) is 22.3 Å². The summed E-state index contributed by atoms with van der Waals surface area (Å²) in [5.41, 5.74) is 5.89. The van der Waals surface area contributed by atoms with E-state index in [1.54, 1.807) is 12.1 Å². The molecule has 0 saturated heterocycles. The summed E-state index contributed by atoms with van der Waals surface area (Å²) in [7, 11) is 0. The van der Waals surface area contributed by atoms with E-state index in [0.717, 1.165) is 22.3 Å². The van der Waals surface area contributed by atoms with Gasteiger partial charge in [0.1, 0.15) is 11.5 Å². The van der Waals surface area contributed by atoms with Gasteiger partial charge >= 0.3 is 0 Å². The summed E-state index contributed by atoms with van der Waals surface area (Å²) in [5.74, 6) is 0.490. The second-order valence-corrected chi connectivity index (χ2v) is 9.85. The lowest BCUT2D eigenvalue weighted by molar-refractivity contribution is 0.461. The summed E-state index contributed by atoms with van der Waals surface area (Å²) in [6.45, 7) is 8.77. The first-order valence-corrected chi connectivity index (χ1v) is 11.5. The number of phenolic OH excluding ortho intramolecular Hbond substituents is 2. The summed E-state index contributed by atoms with van der Waals surface area (Å²) < 4.78 is 0. The van der Waals surface area contributed by atoms with Crippen LogP contribution in [0.1, 0.15) is 61.1 Å². The molecule has 168 valence electrons. The monoisotopic (exact) mass is 436 g/mol. The third kappa shape index (κ3) is 4.52. The number of benzene rings is 4. The molecular weight excluding hydrogens is 404 g/mol. The van der Waals surface area contributed by atoms with Crippen LogP contribution >= 0.6 is 0 Å². The Hall–Kier alpha value is -3.52. The lowest BCUT2D eigenvalue weighted by Crippen LogP contribution is -2.19. The van der Waals surface area contributed by atoms with Gasteiger partial charge in [0.25, 0.3) is 0 Å². The van der Waals surface area contributed by atoms with Crippen molar-refractivity contribution in [3.8, 4) is 11.5 Å². The molecule has 0 aliphatic carbocycles. The minimum Gasteiger partial charge on any atom is -0.508 e. The highest BCUT2D eigenvalue weighted by molar-refractivity contribution is 5.49. The molecule has 0 unspecified atom stereocenters. The average molecular weight is 437 g/mol. The minimum atomic E-state index is -0.205. The normalized spacial score (nSPS) is 12.0. The van der Waals surface area contributed by atoms with Crippen LogP contribution in [0.3, 0.4) is 0 Å². The number of hydrogen-bond acceptors (Lipinski definition) is 2. The first kappa shape index (κ1) is 22.7. The van der Waals surface area contributed by atoms with Crippen LogP contribution in [0.5, 0.6) is 11.5 Å². The van der Waals surface area contributed by atoms with Crippen molar-refractivity contribution in [2.75, 3.05) is 0 Å². The zero-order valence-corrected chi connectivity index (χ0v) is 19.8. The van der Waals surface area contributed by atoms with E-state index < -0.39 is 0 Å². The van der Waals surface area contributed by atoms with Crippen LogP contribution in [-0.4, -0.2) is 10.2 Å². The van der Waals surface area contributed by atoms with E-state index >= 15 is 0 Å². The zero-order chi connectivity index (χ0) is 23.6. The Morgan fingerprint density at radius 1 is 0.485 bits per heavy atom. The lowest BCUT2D eigenvalue weighted by Gasteiger charge is -2.28. The third-order valence-electron chi connectivity index (χ3n) is 6.97. The van der Waals surface area contributed by atoms with E-state index in [2.05, 4.69) is 88.4 Å². The Bertz CT molecular complexity index is 1140. The Labute approximate surface area is 197 Å². The number of hydrogen-bond donors (Lipinski definition) is 2. The van der Waals surface area contributed by atoms with Gasteiger partial charge in [0, 0.05) is 17.3 Å². The summed E-state index contributed by atoms with van der Waals surface area (Å²) in [6.07, 6.45) is 0.453. The van der Waals surface area contributed by atoms with Crippen LogP contribution in [-0.2, 0) is 17.3 Å². The van der Waals surface area contributed by atoms with E-state index in [9.17, 15) is 10.2 Å². The van der Waals surface area contributed by atoms with Gasteiger partial charge in [0.05, 0.1) is 0 Å². The van der Waals surface area contributed by atoms with Gasteiger partial charge in [0.15, 0.2) is 0 Å². The van der Waals surface area contributed by atoms with Gasteiger partial charge in [0.2, 0.25) is 0 Å². The SMILES string of the molecule is CC(C)(c1ccccc1)c1ccc(O)c(Cc2cc(C(C)(C)c3ccccc3)ccc2O)c1. The Kier molecular flexibility index (Phi) is 6.03. The van der Waals surface area contributed by atoms with Crippen LogP contribution in [0, 0.1) is 0 Å². The van der Waals surface area contributed by atoms with Crippen molar-refractivity contribution in [1.82, 2.24) is 0 Å². The van der Waals surface area contributed by atoms with Crippen LogP contribution in [0.2, 0.25) is 0 Å². The lowest BCUT2D eigenvalue weighted by atomic mass is 9.76. The first-order chi connectivity index (χ1) is 15.7. The molecule has 4 aromatic rings. The maximum absolute atomic E-state index is 10.6. The molecule has 0 heterocycles. The highest BCUT2D eigenvalue weighted by Gasteiger charge is 2.26. The topological polar surface area (TPSA) is 40.5 Å². The standard InChI is InChI=1S/C31H32O2/c1-30(2,24-11-7-5-8-12-24)26-15-17-28(32)22(20-26)19-23-21-27(16-18-29(23)33)31(3,4)25-13-9-6-10-14-25/h5-18,20-21,32-33H,19H2,1-4H3. The summed E-state index contributed by atoms with van der Waals surface area (Å²) in [5, 5.41) is 21.3. The number of phenols is 2. The molecule has 0 radical (unpaired) electrons. The quantitative estimate of drug-likeness (QED) is 0.332. The highest BCUT2D eigenvalue weighted by Crippen LogP contribution is 2.37. The molecule has 0 fully saturated rings. The molecule has 0 amide bonds. The molecule has 4 rings (SSSR count). The van der Waals surface area contributed by atoms with E-state index in [1.165, 1.54) is 11.1 Å². The average Bonchev–Trinajstić information content (AvgIpc) is 2.82. The van der Waals surface area contributed by atoms with E-state index in [1.807, 2.05) is 24.3 Å². The number of aromatic hydroxyl groups is 2. The van der Waals surface area contributed by atoms with Crippen LogP contribution in [0.15, 0.2) is 97.1 Å². The summed E-state index contributed by atoms with van der Waals surface area (Å²) in [4.78, 5) is 0. The second-order valence-electron chi connectivity index (χ2n) is 9.85. The molecule has 0 atom stereocenters. The molecule has 33 heavy (non-hydrogen) atoms. The van der Waals surface area contributed by atoms with Crippen molar-refractivity contribution in [2.45, 2.75) is 44.9 Å². The fourth-order valence-electron chi connectivity index (χ4n) is 4.48. The molecule has 2 N–H and O–H groups in total. The van der Waals surface area contributed by atoms with Crippen molar-refractivity contribution in [1.29, 1.82) is 0 Å². The predicted octanol–water partition coefficient (Wildman–Crippen LogP) is 7.34. The zero-order valence-electron chi connectivity index (χ0n) is 19.8. The molecule has 0 aromatic heterocycles. The molecule has 0 aliphatic rings. The van der Waals surface area contributed by atoms with Gasteiger partial charge in [-0.25, -0.2) is 0 Å². The van der Waals surface area contributed by atoms with Crippen molar-refractivity contribution >= 4 is 0 Å². The van der Waals surface area contributed by atoms with Gasteiger partial charge < -0.3 is 10.2 Å².